The highest BCUT2D eigenvalue weighted by Gasteiger charge is 2.48. The van der Waals surface area contributed by atoms with Crippen molar-refractivity contribution in [2.24, 2.45) is 23.7 Å². The first-order chi connectivity index (χ1) is 13.2. The maximum Gasteiger partial charge on any atom is 0.0914 e. The predicted molar refractivity (Wildman–Crippen MR) is 106 cm³/mol. The molecular weight excluding hydrogens is 340 g/mol. The number of hydrogen-bond donors (Lipinski definition) is 0. The summed E-state index contributed by atoms with van der Waals surface area (Å²) in [6.07, 6.45) is 11.4. The van der Waals surface area contributed by atoms with Gasteiger partial charge in [0.05, 0.1) is 37.6 Å². The molecular formula is C23H40O4. The van der Waals surface area contributed by atoms with Gasteiger partial charge in [0.15, 0.2) is 0 Å². The summed E-state index contributed by atoms with van der Waals surface area (Å²) in [5, 5.41) is 0. The third kappa shape index (κ3) is 4.24. The van der Waals surface area contributed by atoms with Crippen molar-refractivity contribution in [3.63, 3.8) is 0 Å². The Morgan fingerprint density at radius 1 is 0.704 bits per heavy atom. The van der Waals surface area contributed by atoms with Crippen LogP contribution in [0.2, 0.25) is 0 Å². The van der Waals surface area contributed by atoms with Crippen molar-refractivity contribution in [1.29, 1.82) is 0 Å². The first-order valence-corrected chi connectivity index (χ1v) is 11.6. The zero-order valence-electron chi connectivity index (χ0n) is 17.5. The van der Waals surface area contributed by atoms with E-state index in [0.717, 1.165) is 51.5 Å². The van der Waals surface area contributed by atoms with Gasteiger partial charge in [-0.2, -0.15) is 0 Å². The first-order valence-electron chi connectivity index (χ1n) is 11.6. The molecule has 27 heavy (non-hydrogen) atoms. The Kier molecular flexibility index (Phi) is 6.48. The molecule has 0 heterocycles. The van der Waals surface area contributed by atoms with E-state index in [2.05, 4.69) is 13.8 Å². The fourth-order valence-corrected chi connectivity index (χ4v) is 6.23. The summed E-state index contributed by atoms with van der Waals surface area (Å²) >= 11 is 0. The van der Waals surface area contributed by atoms with Gasteiger partial charge in [-0.05, 0) is 95.3 Å². The van der Waals surface area contributed by atoms with Gasteiger partial charge >= 0.3 is 0 Å². The second kappa shape index (κ2) is 8.69. The van der Waals surface area contributed by atoms with Gasteiger partial charge in [0.25, 0.3) is 0 Å². The van der Waals surface area contributed by atoms with Crippen molar-refractivity contribution in [2.45, 2.75) is 82.8 Å². The third-order valence-corrected chi connectivity index (χ3v) is 8.06. The maximum atomic E-state index is 6.27. The van der Waals surface area contributed by atoms with Crippen molar-refractivity contribution in [3.8, 4) is 0 Å². The Morgan fingerprint density at radius 2 is 1.15 bits per heavy atom. The first kappa shape index (κ1) is 20.1. The molecule has 0 aromatic heterocycles. The highest BCUT2D eigenvalue weighted by molar-refractivity contribution is 4.97. The second-order valence-electron chi connectivity index (χ2n) is 9.63. The van der Waals surface area contributed by atoms with Crippen LogP contribution in [0.25, 0.3) is 0 Å². The van der Waals surface area contributed by atoms with Crippen molar-refractivity contribution < 1.29 is 18.9 Å². The molecule has 0 radical (unpaired) electrons. The topological polar surface area (TPSA) is 36.9 Å². The zero-order chi connectivity index (χ0) is 18.7. The summed E-state index contributed by atoms with van der Waals surface area (Å²) in [7, 11) is 0. The lowest BCUT2D eigenvalue weighted by molar-refractivity contribution is -0.152. The summed E-state index contributed by atoms with van der Waals surface area (Å²) < 4.78 is 24.5. The molecule has 4 rings (SSSR count). The van der Waals surface area contributed by atoms with E-state index in [1.165, 1.54) is 57.8 Å². The normalized spacial score (nSPS) is 35.8. The van der Waals surface area contributed by atoms with Crippen LogP contribution in [0.1, 0.15) is 71.6 Å². The van der Waals surface area contributed by atoms with E-state index in [1.54, 1.807) is 0 Å². The van der Waals surface area contributed by atoms with Crippen molar-refractivity contribution in [1.82, 2.24) is 0 Å². The van der Waals surface area contributed by atoms with E-state index in [4.69, 9.17) is 18.9 Å². The maximum absolute atomic E-state index is 6.27. The number of hydrogen-bond acceptors (Lipinski definition) is 4. The van der Waals surface area contributed by atoms with E-state index in [9.17, 15) is 0 Å². The van der Waals surface area contributed by atoms with Gasteiger partial charge in [0.1, 0.15) is 0 Å². The Bertz CT molecular complexity index is 429. The van der Waals surface area contributed by atoms with E-state index >= 15 is 0 Å². The molecule has 0 spiro atoms. The molecule has 0 aromatic rings. The second-order valence-corrected chi connectivity index (χ2v) is 9.63. The van der Waals surface area contributed by atoms with Crippen LogP contribution in [0.15, 0.2) is 0 Å². The quantitative estimate of drug-likeness (QED) is 0.496. The summed E-state index contributed by atoms with van der Waals surface area (Å²) in [4.78, 5) is 0. The van der Waals surface area contributed by atoms with Crippen molar-refractivity contribution in [2.75, 3.05) is 39.6 Å². The van der Waals surface area contributed by atoms with Gasteiger partial charge < -0.3 is 18.9 Å². The van der Waals surface area contributed by atoms with Gasteiger partial charge in [-0.25, -0.2) is 0 Å². The Morgan fingerprint density at radius 3 is 1.48 bits per heavy atom. The van der Waals surface area contributed by atoms with Gasteiger partial charge in [-0.1, -0.05) is 0 Å². The van der Waals surface area contributed by atoms with Gasteiger partial charge in [-0.3, -0.25) is 0 Å². The molecule has 4 fully saturated rings. The van der Waals surface area contributed by atoms with E-state index < -0.39 is 0 Å². The highest BCUT2D eigenvalue weighted by atomic mass is 16.5. The Hall–Kier alpha value is -0.160. The molecule has 0 amide bonds. The smallest absolute Gasteiger partial charge is 0.0914 e. The van der Waals surface area contributed by atoms with Crippen LogP contribution in [0.3, 0.4) is 0 Å². The number of ether oxygens (including phenoxy) is 4. The van der Waals surface area contributed by atoms with E-state index in [-0.39, 0.29) is 11.2 Å². The molecule has 4 aliphatic rings. The van der Waals surface area contributed by atoms with E-state index in [0.29, 0.717) is 11.8 Å². The summed E-state index contributed by atoms with van der Waals surface area (Å²) in [5.74, 6) is 3.09. The van der Waals surface area contributed by atoms with Gasteiger partial charge in [0.2, 0.25) is 0 Å². The summed E-state index contributed by atoms with van der Waals surface area (Å²) in [6, 6.07) is 0. The molecule has 4 aliphatic carbocycles. The van der Waals surface area contributed by atoms with Crippen LogP contribution in [0, 0.1) is 23.7 Å². The summed E-state index contributed by atoms with van der Waals surface area (Å²) in [6.45, 7) is 9.18. The van der Waals surface area contributed by atoms with Crippen LogP contribution in [0.5, 0.6) is 0 Å². The molecule has 0 aromatic carbocycles. The average Bonchev–Trinajstić information content (AvgIpc) is 3.19. The van der Waals surface area contributed by atoms with E-state index in [1.807, 2.05) is 0 Å². The minimum atomic E-state index is 0.0342. The van der Waals surface area contributed by atoms with Crippen molar-refractivity contribution in [3.05, 3.63) is 0 Å². The van der Waals surface area contributed by atoms with Gasteiger partial charge in [0, 0.05) is 13.2 Å². The lowest BCUT2D eigenvalue weighted by Gasteiger charge is -2.42. The lowest BCUT2D eigenvalue weighted by atomic mass is 9.79. The molecule has 156 valence electrons. The fraction of sp³-hybridized carbons (Fsp3) is 1.00. The minimum absolute atomic E-state index is 0.0342. The predicted octanol–water partition coefficient (Wildman–Crippen LogP) is 4.60. The van der Waals surface area contributed by atoms with Crippen LogP contribution in [-0.4, -0.2) is 50.8 Å². The Balaban J connectivity index is 1.24. The van der Waals surface area contributed by atoms with Crippen LogP contribution >= 0.6 is 0 Å². The molecule has 2 bridgehead atoms. The van der Waals surface area contributed by atoms with Crippen LogP contribution < -0.4 is 0 Å². The monoisotopic (exact) mass is 380 g/mol. The largest absolute Gasteiger partial charge is 0.378 e. The number of rotatable bonds is 12. The molecule has 4 nitrogen and oxygen atoms in total. The lowest BCUT2D eigenvalue weighted by Crippen LogP contribution is -2.46. The van der Waals surface area contributed by atoms with Crippen LogP contribution in [-0.2, 0) is 18.9 Å². The molecule has 0 saturated heterocycles. The highest BCUT2D eigenvalue weighted by Crippen LogP contribution is 2.52. The molecule has 0 aliphatic heterocycles. The standard InChI is InChI=1S/C23H40O4/c1-3-26-22(9-5-10-22)16-24-14-20-18-7-8-19(13-18)21(20)15-25-17-23(27-4-2)11-6-12-23/h18-21H,3-17H2,1-2H3. The molecule has 4 unspecified atom stereocenters. The minimum Gasteiger partial charge on any atom is -0.378 e. The van der Waals surface area contributed by atoms with Gasteiger partial charge in [-0.15, -0.1) is 0 Å². The zero-order valence-corrected chi connectivity index (χ0v) is 17.5. The molecule has 4 saturated carbocycles. The number of fused-ring (bicyclic) bond motifs is 2. The molecule has 4 heteroatoms. The average molecular weight is 381 g/mol. The molecule has 0 N–H and O–H groups in total. The molecule has 4 atom stereocenters. The summed E-state index contributed by atoms with van der Waals surface area (Å²) in [5.41, 5.74) is 0.0684. The SMILES string of the molecule is CCOC1(COCC2C3CCC(C3)C2COCC2(OCC)CCC2)CCC1. The fourth-order valence-electron chi connectivity index (χ4n) is 6.23. The van der Waals surface area contributed by atoms with Crippen LogP contribution in [0.4, 0.5) is 0 Å². The van der Waals surface area contributed by atoms with Crippen molar-refractivity contribution >= 4 is 0 Å². The Labute approximate surface area is 165 Å². The third-order valence-electron chi connectivity index (χ3n) is 8.06.